The third-order valence-electron chi connectivity index (χ3n) is 4.28. The van der Waals surface area contributed by atoms with Crippen LogP contribution in [0.2, 0.25) is 5.15 Å². The molecule has 0 saturated heterocycles. The van der Waals surface area contributed by atoms with Crippen LogP contribution in [0.4, 0.5) is 0 Å². The third-order valence-corrected chi connectivity index (χ3v) is 5.32. The summed E-state index contributed by atoms with van der Waals surface area (Å²) in [6.45, 7) is 7.12. The average Bonchev–Trinajstić information content (AvgIpc) is 2.70. The minimum absolute atomic E-state index is 0.00924. The first-order valence-electron chi connectivity index (χ1n) is 7.76. The summed E-state index contributed by atoms with van der Waals surface area (Å²) in [6.07, 6.45) is 4.09. The molecule has 6 heteroatoms. The molecular formula is C16H24ClIN2O2. The molecule has 0 aliphatic heterocycles. The van der Waals surface area contributed by atoms with Crippen molar-refractivity contribution in [1.29, 1.82) is 0 Å². The van der Waals surface area contributed by atoms with Crippen LogP contribution in [0.15, 0.2) is 6.07 Å². The molecule has 124 valence electrons. The van der Waals surface area contributed by atoms with Crippen LogP contribution in [0, 0.1) is 9.12 Å². The van der Waals surface area contributed by atoms with E-state index in [1.54, 1.807) is 0 Å². The van der Waals surface area contributed by atoms with Crippen molar-refractivity contribution in [3.8, 4) is 11.5 Å². The van der Waals surface area contributed by atoms with Gasteiger partial charge in [0.05, 0.1) is 6.61 Å². The molecule has 4 nitrogen and oxygen atoms in total. The first-order chi connectivity index (χ1) is 10.3. The minimum Gasteiger partial charge on any atom is -0.490 e. The van der Waals surface area contributed by atoms with Crippen molar-refractivity contribution in [3.05, 3.63) is 14.9 Å². The molecule has 2 rings (SSSR count). The molecule has 0 radical (unpaired) electrons. The fourth-order valence-corrected chi connectivity index (χ4v) is 3.46. The molecule has 0 aromatic carbocycles. The SMILES string of the molecule is CCCCOc1cc(OC2CCC(C)(C)C2N)c(I)nc1Cl. The molecule has 0 amide bonds. The molecule has 0 spiro atoms. The van der Waals surface area contributed by atoms with Crippen LogP contribution >= 0.6 is 34.2 Å². The Balaban J connectivity index is 2.12. The van der Waals surface area contributed by atoms with Gasteiger partial charge in [-0.25, -0.2) is 4.98 Å². The standard InChI is InChI=1S/C16H24ClIN2O2/c1-4-5-8-21-11-9-12(15(18)20-14(11)17)22-10-6-7-16(2,3)13(10)19/h9-10,13H,4-8,19H2,1-3H3. The summed E-state index contributed by atoms with van der Waals surface area (Å²) in [5.41, 5.74) is 6.42. The number of nitrogens with two attached hydrogens (primary N) is 1. The second-order valence-corrected chi connectivity index (χ2v) is 7.86. The summed E-state index contributed by atoms with van der Waals surface area (Å²) in [7, 11) is 0. The van der Waals surface area contributed by atoms with Gasteiger partial charge in [-0.1, -0.05) is 38.8 Å². The maximum atomic E-state index is 6.32. The number of halogens is 2. The number of hydrogen-bond acceptors (Lipinski definition) is 4. The monoisotopic (exact) mass is 438 g/mol. The van der Waals surface area contributed by atoms with Crippen molar-refractivity contribution in [3.63, 3.8) is 0 Å². The van der Waals surface area contributed by atoms with Crippen LogP contribution in [0.25, 0.3) is 0 Å². The van der Waals surface area contributed by atoms with Gasteiger partial charge < -0.3 is 15.2 Å². The van der Waals surface area contributed by atoms with Crippen LogP contribution in [-0.2, 0) is 0 Å². The summed E-state index contributed by atoms with van der Waals surface area (Å²) in [4.78, 5) is 4.32. The molecule has 1 fully saturated rings. The fraction of sp³-hybridized carbons (Fsp3) is 0.688. The summed E-state index contributed by atoms with van der Waals surface area (Å²) < 4.78 is 12.6. The Morgan fingerprint density at radius 1 is 1.45 bits per heavy atom. The van der Waals surface area contributed by atoms with E-state index < -0.39 is 0 Å². The van der Waals surface area contributed by atoms with Gasteiger partial charge in [-0.3, -0.25) is 0 Å². The third kappa shape index (κ3) is 4.17. The second-order valence-electron chi connectivity index (χ2n) is 6.48. The summed E-state index contributed by atoms with van der Waals surface area (Å²) in [5, 5.41) is 0.379. The zero-order valence-corrected chi connectivity index (χ0v) is 16.3. The Morgan fingerprint density at radius 3 is 2.77 bits per heavy atom. The van der Waals surface area contributed by atoms with Crippen molar-refractivity contribution in [2.45, 2.75) is 58.6 Å². The first kappa shape index (κ1) is 18.1. The van der Waals surface area contributed by atoms with Gasteiger partial charge in [0.15, 0.2) is 16.7 Å². The maximum Gasteiger partial charge on any atom is 0.172 e. The van der Waals surface area contributed by atoms with Gasteiger partial charge in [0, 0.05) is 12.1 Å². The lowest BCUT2D eigenvalue weighted by Gasteiger charge is -2.27. The average molecular weight is 439 g/mol. The Labute approximate surface area is 151 Å². The first-order valence-corrected chi connectivity index (χ1v) is 9.22. The molecule has 2 unspecified atom stereocenters. The van der Waals surface area contributed by atoms with Crippen molar-refractivity contribution < 1.29 is 9.47 Å². The van der Waals surface area contributed by atoms with E-state index >= 15 is 0 Å². The van der Waals surface area contributed by atoms with Crippen molar-refractivity contribution in [2.24, 2.45) is 11.1 Å². The van der Waals surface area contributed by atoms with E-state index in [1.165, 1.54) is 0 Å². The molecular weight excluding hydrogens is 415 g/mol. The van der Waals surface area contributed by atoms with E-state index in [2.05, 4.69) is 48.3 Å². The van der Waals surface area contributed by atoms with Gasteiger partial charge in [0.2, 0.25) is 0 Å². The number of unbranched alkanes of at least 4 members (excludes halogenated alkanes) is 1. The van der Waals surface area contributed by atoms with E-state index in [1.807, 2.05) is 6.07 Å². The van der Waals surface area contributed by atoms with Crippen molar-refractivity contribution >= 4 is 34.2 Å². The van der Waals surface area contributed by atoms with Gasteiger partial charge in [-0.15, -0.1) is 0 Å². The highest BCUT2D eigenvalue weighted by Gasteiger charge is 2.41. The molecule has 22 heavy (non-hydrogen) atoms. The zero-order valence-electron chi connectivity index (χ0n) is 13.4. The van der Waals surface area contributed by atoms with Crippen LogP contribution < -0.4 is 15.2 Å². The molecule has 1 aromatic rings. The van der Waals surface area contributed by atoms with Gasteiger partial charge in [0.1, 0.15) is 9.80 Å². The van der Waals surface area contributed by atoms with Crippen molar-refractivity contribution in [1.82, 2.24) is 4.98 Å². The predicted octanol–water partition coefficient (Wildman–Crippen LogP) is 4.41. The molecule has 1 aliphatic rings. The van der Waals surface area contributed by atoms with Gasteiger partial charge in [-0.2, -0.15) is 0 Å². The van der Waals surface area contributed by atoms with Crippen LogP contribution in [-0.4, -0.2) is 23.7 Å². The van der Waals surface area contributed by atoms with E-state index in [0.717, 1.165) is 29.4 Å². The Bertz CT molecular complexity index is 525. The van der Waals surface area contributed by atoms with Gasteiger partial charge >= 0.3 is 0 Å². The number of nitrogens with zero attached hydrogens (tertiary/aromatic N) is 1. The summed E-state index contributed by atoms with van der Waals surface area (Å²) in [6, 6.07) is 1.86. The number of rotatable bonds is 6. The highest BCUT2D eigenvalue weighted by Crippen LogP contribution is 2.39. The van der Waals surface area contributed by atoms with E-state index in [4.69, 9.17) is 26.8 Å². The van der Waals surface area contributed by atoms with Crippen LogP contribution in [0.1, 0.15) is 46.5 Å². The Morgan fingerprint density at radius 2 is 2.18 bits per heavy atom. The lowest BCUT2D eigenvalue weighted by molar-refractivity contribution is 0.162. The van der Waals surface area contributed by atoms with Gasteiger partial charge in [0.25, 0.3) is 0 Å². The molecule has 2 atom stereocenters. The molecule has 1 aliphatic carbocycles. The topological polar surface area (TPSA) is 57.4 Å². The van der Waals surface area contributed by atoms with E-state index in [9.17, 15) is 0 Å². The smallest absolute Gasteiger partial charge is 0.172 e. The summed E-state index contributed by atoms with van der Waals surface area (Å²) in [5.74, 6) is 1.28. The number of pyridine rings is 1. The molecule has 1 saturated carbocycles. The minimum atomic E-state index is 0.00924. The fourth-order valence-electron chi connectivity index (χ4n) is 2.60. The van der Waals surface area contributed by atoms with Crippen LogP contribution in [0.3, 0.4) is 0 Å². The van der Waals surface area contributed by atoms with E-state index in [0.29, 0.717) is 23.3 Å². The highest BCUT2D eigenvalue weighted by molar-refractivity contribution is 14.1. The number of ether oxygens (including phenoxy) is 2. The Hall–Kier alpha value is -0.270. The lowest BCUT2D eigenvalue weighted by atomic mass is 9.88. The number of aromatic nitrogens is 1. The molecule has 1 aromatic heterocycles. The van der Waals surface area contributed by atoms with Crippen molar-refractivity contribution in [2.75, 3.05) is 6.61 Å². The lowest BCUT2D eigenvalue weighted by Crippen LogP contribution is -2.42. The molecule has 0 bridgehead atoms. The van der Waals surface area contributed by atoms with E-state index in [-0.39, 0.29) is 17.6 Å². The zero-order chi connectivity index (χ0) is 16.3. The number of hydrogen-bond donors (Lipinski definition) is 1. The normalized spacial score (nSPS) is 23.5. The highest BCUT2D eigenvalue weighted by atomic mass is 127. The predicted molar refractivity (Wildman–Crippen MR) is 97.8 cm³/mol. The Kier molecular flexibility index (Phi) is 6.19. The quantitative estimate of drug-likeness (QED) is 0.406. The van der Waals surface area contributed by atoms with Crippen LogP contribution in [0.5, 0.6) is 11.5 Å². The summed E-state index contributed by atoms with van der Waals surface area (Å²) >= 11 is 8.28. The molecule has 1 heterocycles. The van der Waals surface area contributed by atoms with Gasteiger partial charge in [-0.05, 0) is 47.3 Å². The largest absolute Gasteiger partial charge is 0.490 e. The maximum absolute atomic E-state index is 6.32. The molecule has 2 N–H and O–H groups in total. The second kappa shape index (κ2) is 7.53.